The predicted molar refractivity (Wildman–Crippen MR) is 108 cm³/mol. The zero-order chi connectivity index (χ0) is 19.6. The molecule has 6 nitrogen and oxygen atoms in total. The molecule has 1 N–H and O–H groups in total. The largest absolute Gasteiger partial charge is 0.326 e. The summed E-state index contributed by atoms with van der Waals surface area (Å²) < 4.78 is 29.9. The summed E-state index contributed by atoms with van der Waals surface area (Å²) in [5, 5.41) is 2.63. The lowest BCUT2D eigenvalue weighted by molar-refractivity contribution is -0.114. The van der Waals surface area contributed by atoms with E-state index in [2.05, 4.69) is 16.6 Å². The molecule has 0 atom stereocenters. The molecule has 0 radical (unpaired) electrons. The van der Waals surface area contributed by atoms with Gasteiger partial charge in [0.25, 0.3) is 10.0 Å². The van der Waals surface area contributed by atoms with E-state index in [9.17, 15) is 13.2 Å². The Morgan fingerprint density at radius 2 is 1.96 bits per heavy atom. The van der Waals surface area contributed by atoms with Gasteiger partial charge in [-0.15, -0.1) is 4.40 Å². The van der Waals surface area contributed by atoms with Crippen LogP contribution in [0, 0.1) is 6.92 Å². The molecule has 1 amide bonds. The van der Waals surface area contributed by atoms with Crippen LogP contribution in [0.25, 0.3) is 0 Å². The summed E-state index contributed by atoms with van der Waals surface area (Å²) in [6.45, 7) is 6.09. The maximum Gasteiger partial charge on any atom is 0.286 e. The quantitative estimate of drug-likeness (QED) is 0.851. The van der Waals surface area contributed by atoms with Crippen molar-refractivity contribution < 1.29 is 13.2 Å². The summed E-state index contributed by atoms with van der Waals surface area (Å²) in [4.78, 5) is 13.4. The van der Waals surface area contributed by atoms with Gasteiger partial charge in [-0.2, -0.15) is 8.42 Å². The van der Waals surface area contributed by atoms with Gasteiger partial charge in [-0.25, -0.2) is 0 Å². The molecular weight excluding hydrogens is 362 g/mol. The second-order valence-corrected chi connectivity index (χ2v) is 8.20. The van der Waals surface area contributed by atoms with E-state index in [0.29, 0.717) is 23.8 Å². The predicted octanol–water partition coefficient (Wildman–Crippen LogP) is 3.71. The second-order valence-electron chi connectivity index (χ2n) is 6.63. The Morgan fingerprint density at radius 1 is 1.19 bits per heavy atom. The standard InChI is InChI=1S/C20H23N3O3S/c1-4-5-11-23-18-10-9-17(21-15(3)24)13-19(18)27(25,26)22-20(23)16-8-6-7-14(2)12-16/h6-10,12-13H,4-5,11H2,1-3H3,(H,21,24). The topological polar surface area (TPSA) is 78.8 Å². The monoisotopic (exact) mass is 385 g/mol. The van der Waals surface area contributed by atoms with Gasteiger partial charge in [0.1, 0.15) is 4.90 Å². The minimum absolute atomic E-state index is 0.112. The summed E-state index contributed by atoms with van der Waals surface area (Å²) in [6.07, 6.45) is 1.88. The molecule has 1 aliphatic heterocycles. The Hall–Kier alpha value is -2.67. The fraction of sp³-hybridized carbons (Fsp3) is 0.300. The zero-order valence-electron chi connectivity index (χ0n) is 15.7. The first kappa shape index (κ1) is 19.1. The number of hydrogen-bond acceptors (Lipinski definition) is 4. The number of carbonyl (C=O) groups is 1. The molecule has 7 heteroatoms. The lowest BCUT2D eigenvalue weighted by atomic mass is 10.1. The third-order valence-electron chi connectivity index (χ3n) is 4.32. The van der Waals surface area contributed by atoms with Gasteiger partial charge >= 0.3 is 0 Å². The van der Waals surface area contributed by atoms with Crippen molar-refractivity contribution in [1.82, 2.24) is 0 Å². The highest BCUT2D eigenvalue weighted by molar-refractivity contribution is 7.90. The van der Waals surface area contributed by atoms with Crippen LogP contribution in [0.1, 0.15) is 37.8 Å². The van der Waals surface area contributed by atoms with Crippen molar-refractivity contribution in [2.75, 3.05) is 16.8 Å². The molecular formula is C20H23N3O3S. The number of unbranched alkanes of at least 4 members (excludes halogenated alkanes) is 1. The molecule has 0 aliphatic carbocycles. The molecule has 2 aromatic rings. The summed E-state index contributed by atoms with van der Waals surface area (Å²) >= 11 is 0. The van der Waals surface area contributed by atoms with E-state index in [1.54, 1.807) is 12.1 Å². The average Bonchev–Trinajstić information content (AvgIpc) is 2.60. The summed E-state index contributed by atoms with van der Waals surface area (Å²) in [6, 6.07) is 12.6. The number of carbonyl (C=O) groups excluding carboxylic acids is 1. The Bertz CT molecular complexity index is 1010. The third-order valence-corrected chi connectivity index (χ3v) is 5.62. The van der Waals surface area contributed by atoms with Gasteiger partial charge < -0.3 is 10.2 Å². The van der Waals surface area contributed by atoms with Gasteiger partial charge in [-0.1, -0.05) is 37.1 Å². The van der Waals surface area contributed by atoms with Crippen molar-refractivity contribution in [1.29, 1.82) is 0 Å². The maximum atomic E-state index is 12.9. The van der Waals surface area contributed by atoms with Crippen molar-refractivity contribution in [2.45, 2.75) is 38.5 Å². The number of fused-ring (bicyclic) bond motifs is 1. The fourth-order valence-corrected chi connectivity index (χ4v) is 4.33. The van der Waals surface area contributed by atoms with Gasteiger partial charge in [0.05, 0.1) is 5.69 Å². The van der Waals surface area contributed by atoms with E-state index >= 15 is 0 Å². The first-order valence-electron chi connectivity index (χ1n) is 8.93. The van der Waals surface area contributed by atoms with Crippen molar-refractivity contribution in [3.05, 3.63) is 53.6 Å². The second kappa shape index (κ2) is 7.52. The number of amidine groups is 1. The average molecular weight is 385 g/mol. The minimum Gasteiger partial charge on any atom is -0.326 e. The smallest absolute Gasteiger partial charge is 0.286 e. The molecule has 1 heterocycles. The van der Waals surface area contributed by atoms with Crippen LogP contribution in [0.4, 0.5) is 11.4 Å². The van der Waals surface area contributed by atoms with Crippen molar-refractivity contribution in [2.24, 2.45) is 4.40 Å². The number of nitrogens with one attached hydrogen (secondary N) is 1. The van der Waals surface area contributed by atoms with Gasteiger partial charge in [0.15, 0.2) is 5.84 Å². The number of nitrogens with zero attached hydrogens (tertiary/aromatic N) is 2. The van der Waals surface area contributed by atoms with E-state index in [1.165, 1.54) is 13.0 Å². The molecule has 0 fully saturated rings. The normalized spacial score (nSPS) is 15.1. The van der Waals surface area contributed by atoms with Crippen LogP contribution < -0.4 is 10.2 Å². The molecule has 0 aromatic heterocycles. The lowest BCUT2D eigenvalue weighted by Crippen LogP contribution is -2.37. The van der Waals surface area contributed by atoms with Crippen LogP contribution in [-0.2, 0) is 14.8 Å². The molecule has 2 aromatic carbocycles. The number of benzene rings is 2. The Kier molecular flexibility index (Phi) is 5.32. The lowest BCUT2D eigenvalue weighted by Gasteiger charge is -2.31. The molecule has 0 saturated carbocycles. The molecule has 0 unspecified atom stereocenters. The minimum atomic E-state index is -3.87. The first-order chi connectivity index (χ1) is 12.8. The van der Waals surface area contributed by atoms with Crippen LogP contribution in [0.3, 0.4) is 0 Å². The van der Waals surface area contributed by atoms with Crippen molar-refractivity contribution in [3.63, 3.8) is 0 Å². The molecule has 142 valence electrons. The number of sulfonamides is 1. The molecule has 0 saturated heterocycles. The van der Waals surface area contributed by atoms with E-state index < -0.39 is 10.0 Å². The zero-order valence-corrected chi connectivity index (χ0v) is 16.5. The number of amides is 1. The molecule has 3 rings (SSSR count). The first-order valence-corrected chi connectivity index (χ1v) is 10.4. The SMILES string of the molecule is CCCCN1C(c2cccc(C)c2)=NS(=O)(=O)c2cc(NC(C)=O)ccc21. The van der Waals surface area contributed by atoms with Crippen molar-refractivity contribution in [3.8, 4) is 0 Å². The van der Waals surface area contributed by atoms with E-state index in [0.717, 1.165) is 24.0 Å². The Labute approximate surface area is 160 Å². The van der Waals surface area contributed by atoms with Gasteiger partial charge in [0.2, 0.25) is 5.91 Å². The van der Waals surface area contributed by atoms with Crippen LogP contribution >= 0.6 is 0 Å². The highest BCUT2D eigenvalue weighted by Crippen LogP contribution is 2.35. The molecule has 0 spiro atoms. The molecule has 27 heavy (non-hydrogen) atoms. The number of aryl methyl sites for hydroxylation is 1. The highest BCUT2D eigenvalue weighted by Gasteiger charge is 2.31. The van der Waals surface area contributed by atoms with E-state index in [1.807, 2.05) is 36.1 Å². The summed E-state index contributed by atoms with van der Waals surface area (Å²) in [5.41, 5.74) is 2.83. The van der Waals surface area contributed by atoms with Crippen LogP contribution in [0.15, 0.2) is 51.8 Å². The summed E-state index contributed by atoms with van der Waals surface area (Å²) in [7, 11) is -3.87. The van der Waals surface area contributed by atoms with Crippen LogP contribution in [-0.4, -0.2) is 26.7 Å². The van der Waals surface area contributed by atoms with Gasteiger partial charge in [-0.05, 0) is 37.6 Å². The summed E-state index contributed by atoms with van der Waals surface area (Å²) in [5.74, 6) is 0.182. The molecule has 0 bridgehead atoms. The number of hydrogen-bond donors (Lipinski definition) is 1. The van der Waals surface area contributed by atoms with E-state index in [-0.39, 0.29) is 10.8 Å². The van der Waals surface area contributed by atoms with Crippen molar-refractivity contribution >= 4 is 33.1 Å². The maximum absolute atomic E-state index is 12.9. The Balaban J connectivity index is 2.16. The highest BCUT2D eigenvalue weighted by atomic mass is 32.2. The third kappa shape index (κ3) is 4.03. The number of anilines is 2. The van der Waals surface area contributed by atoms with Crippen LogP contribution in [0.2, 0.25) is 0 Å². The fourth-order valence-electron chi connectivity index (χ4n) is 3.09. The van der Waals surface area contributed by atoms with Gasteiger partial charge in [0, 0.05) is 24.7 Å². The van der Waals surface area contributed by atoms with E-state index in [4.69, 9.17) is 0 Å². The molecule has 1 aliphatic rings. The van der Waals surface area contributed by atoms with Gasteiger partial charge in [-0.3, -0.25) is 4.79 Å². The number of rotatable bonds is 5. The van der Waals surface area contributed by atoms with Crippen LogP contribution in [0.5, 0.6) is 0 Å². The Morgan fingerprint density at radius 3 is 2.63 bits per heavy atom.